The summed E-state index contributed by atoms with van der Waals surface area (Å²) >= 11 is 0. The first-order valence-electron chi connectivity index (χ1n) is 4.98. The molecule has 0 unspecified atom stereocenters. The summed E-state index contributed by atoms with van der Waals surface area (Å²) in [6.07, 6.45) is 1.45. The van der Waals surface area contributed by atoms with Crippen LogP contribution in [-0.4, -0.2) is 56.7 Å². The van der Waals surface area contributed by atoms with Crippen molar-refractivity contribution in [3.05, 3.63) is 6.33 Å². The number of nitrogens with one attached hydrogen (secondary N) is 1. The van der Waals surface area contributed by atoms with Gasteiger partial charge in [0, 0.05) is 25.7 Å². The molecular formula is C8H15ClN6O. The zero-order valence-corrected chi connectivity index (χ0v) is 9.85. The van der Waals surface area contributed by atoms with E-state index < -0.39 is 0 Å². The molecule has 1 fully saturated rings. The van der Waals surface area contributed by atoms with E-state index in [0.717, 1.165) is 19.6 Å². The van der Waals surface area contributed by atoms with Crippen molar-refractivity contribution in [2.24, 2.45) is 0 Å². The van der Waals surface area contributed by atoms with Gasteiger partial charge in [-0.3, -0.25) is 4.79 Å². The van der Waals surface area contributed by atoms with E-state index in [9.17, 15) is 4.79 Å². The molecule has 1 aliphatic heterocycles. The molecule has 0 aromatic carbocycles. The molecule has 1 N–H and O–H groups in total. The van der Waals surface area contributed by atoms with E-state index in [0.29, 0.717) is 0 Å². The first-order valence-corrected chi connectivity index (χ1v) is 4.98. The van der Waals surface area contributed by atoms with Gasteiger partial charge in [-0.15, -0.1) is 17.5 Å². The zero-order chi connectivity index (χ0) is 10.7. The Balaban J connectivity index is 0.00000128. The summed E-state index contributed by atoms with van der Waals surface area (Å²) in [4.78, 5) is 13.7. The number of nitrogens with zero attached hydrogens (tertiary/aromatic N) is 5. The zero-order valence-electron chi connectivity index (χ0n) is 9.04. The molecule has 2 rings (SSSR count). The predicted molar refractivity (Wildman–Crippen MR) is 59.1 cm³/mol. The van der Waals surface area contributed by atoms with Crippen LogP contribution in [0.5, 0.6) is 0 Å². The Morgan fingerprint density at radius 2 is 2.44 bits per heavy atom. The number of halogens is 1. The lowest BCUT2D eigenvalue weighted by molar-refractivity contribution is -0.134. The predicted octanol–water partition coefficient (Wildman–Crippen LogP) is -1.08. The largest absolute Gasteiger partial charge is 0.336 e. The van der Waals surface area contributed by atoms with Crippen LogP contribution < -0.4 is 5.32 Å². The molecule has 0 bridgehead atoms. The highest BCUT2D eigenvalue weighted by atomic mass is 35.5. The van der Waals surface area contributed by atoms with E-state index in [2.05, 4.69) is 20.8 Å². The second-order valence-electron chi connectivity index (χ2n) is 3.65. The maximum absolute atomic E-state index is 11.9. The Kier molecular flexibility index (Phi) is 4.63. The van der Waals surface area contributed by atoms with Crippen LogP contribution in [0.25, 0.3) is 0 Å². The van der Waals surface area contributed by atoms with Gasteiger partial charge in [0.25, 0.3) is 0 Å². The van der Waals surface area contributed by atoms with Crippen LogP contribution in [0.4, 0.5) is 0 Å². The van der Waals surface area contributed by atoms with E-state index in [-0.39, 0.29) is 30.9 Å². The second-order valence-corrected chi connectivity index (χ2v) is 3.65. The van der Waals surface area contributed by atoms with E-state index in [1.165, 1.54) is 11.0 Å². The molecule has 1 atom stereocenters. The van der Waals surface area contributed by atoms with Gasteiger partial charge in [-0.2, -0.15) is 0 Å². The summed E-state index contributed by atoms with van der Waals surface area (Å²) in [5, 5.41) is 13.9. The highest BCUT2D eigenvalue weighted by Gasteiger charge is 2.22. The van der Waals surface area contributed by atoms with Crippen LogP contribution >= 0.6 is 12.4 Å². The van der Waals surface area contributed by atoms with Crippen LogP contribution in [0.2, 0.25) is 0 Å². The number of aromatic nitrogens is 4. The highest BCUT2D eigenvalue weighted by molar-refractivity contribution is 5.85. The molecule has 0 saturated carbocycles. The van der Waals surface area contributed by atoms with Crippen LogP contribution in [0, 0.1) is 0 Å². The first-order chi connectivity index (χ1) is 7.27. The number of piperazine rings is 1. The lowest BCUT2D eigenvalue weighted by Crippen LogP contribution is -2.53. The average Bonchev–Trinajstić information content (AvgIpc) is 2.71. The minimum Gasteiger partial charge on any atom is -0.336 e. The van der Waals surface area contributed by atoms with E-state index in [1.807, 2.05) is 11.8 Å². The van der Waals surface area contributed by atoms with Gasteiger partial charge in [0.2, 0.25) is 5.91 Å². The topological polar surface area (TPSA) is 75.9 Å². The third-order valence-corrected chi connectivity index (χ3v) is 2.51. The van der Waals surface area contributed by atoms with Crippen LogP contribution in [0.1, 0.15) is 6.92 Å². The highest BCUT2D eigenvalue weighted by Crippen LogP contribution is 2.03. The smallest absolute Gasteiger partial charge is 0.244 e. The molecule has 1 aromatic rings. The van der Waals surface area contributed by atoms with Crippen molar-refractivity contribution >= 4 is 18.3 Å². The minimum atomic E-state index is 0. The molecule has 8 heteroatoms. The van der Waals surface area contributed by atoms with E-state index in [1.54, 1.807) is 0 Å². The van der Waals surface area contributed by atoms with Gasteiger partial charge in [-0.25, -0.2) is 4.68 Å². The number of tetrazole rings is 1. The van der Waals surface area contributed by atoms with Crippen molar-refractivity contribution in [1.82, 2.24) is 30.4 Å². The number of carbonyl (C=O) groups excluding carboxylic acids is 1. The Hall–Kier alpha value is -1.21. The number of amides is 1. The number of hydrogen-bond acceptors (Lipinski definition) is 5. The fraction of sp³-hybridized carbons (Fsp3) is 0.750. The van der Waals surface area contributed by atoms with Gasteiger partial charge < -0.3 is 10.2 Å². The fourth-order valence-corrected chi connectivity index (χ4v) is 1.69. The van der Waals surface area contributed by atoms with Crippen molar-refractivity contribution in [1.29, 1.82) is 0 Å². The lowest BCUT2D eigenvalue weighted by atomic mass is 10.2. The van der Waals surface area contributed by atoms with Gasteiger partial charge >= 0.3 is 0 Å². The summed E-state index contributed by atoms with van der Waals surface area (Å²) in [6.45, 7) is 4.70. The van der Waals surface area contributed by atoms with Gasteiger partial charge in [-0.1, -0.05) is 0 Å². The second kappa shape index (κ2) is 5.76. The molecule has 1 aromatic heterocycles. The Morgan fingerprint density at radius 1 is 1.62 bits per heavy atom. The number of rotatable bonds is 2. The number of carbonyl (C=O) groups is 1. The van der Waals surface area contributed by atoms with Crippen LogP contribution in [0.15, 0.2) is 6.33 Å². The molecule has 7 nitrogen and oxygen atoms in total. The molecule has 1 aliphatic rings. The van der Waals surface area contributed by atoms with Crippen molar-refractivity contribution in [2.45, 2.75) is 19.5 Å². The maximum Gasteiger partial charge on any atom is 0.244 e. The summed E-state index contributed by atoms with van der Waals surface area (Å²) in [6, 6.07) is 0.239. The molecule has 0 spiro atoms. The van der Waals surface area contributed by atoms with Gasteiger partial charge in [-0.05, 0) is 17.4 Å². The van der Waals surface area contributed by atoms with Crippen molar-refractivity contribution in [3.63, 3.8) is 0 Å². The Morgan fingerprint density at radius 3 is 3.06 bits per heavy atom. The van der Waals surface area contributed by atoms with Crippen LogP contribution in [-0.2, 0) is 11.3 Å². The lowest BCUT2D eigenvalue weighted by Gasteiger charge is -2.33. The normalized spacial score (nSPS) is 20.3. The molecule has 0 radical (unpaired) electrons. The standard InChI is InChI=1S/C8H14N6O.ClH/c1-7-4-9-2-3-14(7)8(15)5-13-6-10-11-12-13;/h6-7,9H,2-5H2,1H3;1H/t7-;/m0./s1. The third-order valence-electron chi connectivity index (χ3n) is 2.51. The molecule has 16 heavy (non-hydrogen) atoms. The van der Waals surface area contributed by atoms with E-state index in [4.69, 9.17) is 0 Å². The van der Waals surface area contributed by atoms with Crippen molar-refractivity contribution < 1.29 is 4.79 Å². The quantitative estimate of drug-likeness (QED) is 0.718. The van der Waals surface area contributed by atoms with Crippen molar-refractivity contribution in [2.75, 3.05) is 19.6 Å². The minimum absolute atomic E-state index is 0. The summed E-state index contributed by atoms with van der Waals surface area (Å²) in [5.74, 6) is 0.0660. The van der Waals surface area contributed by atoms with Crippen LogP contribution in [0.3, 0.4) is 0 Å². The molecule has 1 amide bonds. The Labute approximate surface area is 99.6 Å². The Bertz CT molecular complexity index is 329. The van der Waals surface area contributed by atoms with Gasteiger partial charge in [0.1, 0.15) is 12.9 Å². The molecule has 2 heterocycles. The van der Waals surface area contributed by atoms with Gasteiger partial charge in [0.15, 0.2) is 0 Å². The molecular weight excluding hydrogens is 232 g/mol. The summed E-state index contributed by atoms with van der Waals surface area (Å²) in [5.41, 5.74) is 0. The molecule has 0 aliphatic carbocycles. The first kappa shape index (κ1) is 12.9. The number of hydrogen-bond donors (Lipinski definition) is 1. The van der Waals surface area contributed by atoms with Crippen molar-refractivity contribution in [3.8, 4) is 0 Å². The third kappa shape index (κ3) is 2.89. The van der Waals surface area contributed by atoms with E-state index >= 15 is 0 Å². The summed E-state index contributed by atoms with van der Waals surface area (Å²) < 4.78 is 1.44. The summed E-state index contributed by atoms with van der Waals surface area (Å²) in [7, 11) is 0. The molecule has 1 saturated heterocycles. The SMILES string of the molecule is C[C@H]1CNCCN1C(=O)Cn1cnnn1.Cl. The maximum atomic E-state index is 11.9. The molecule has 90 valence electrons. The monoisotopic (exact) mass is 246 g/mol. The average molecular weight is 247 g/mol. The van der Waals surface area contributed by atoms with Gasteiger partial charge in [0.05, 0.1) is 0 Å². The fourth-order valence-electron chi connectivity index (χ4n) is 1.69.